The molecule has 3 rings (SSSR count). The van der Waals surface area contributed by atoms with Crippen LogP contribution in [-0.2, 0) is 21.5 Å². The molecule has 0 bridgehead atoms. The Morgan fingerprint density at radius 2 is 1.82 bits per heavy atom. The highest BCUT2D eigenvalue weighted by Gasteiger charge is 2.38. The molecule has 8 nitrogen and oxygen atoms in total. The fraction of sp³-hybridized carbons (Fsp3) is 0.800. The molecule has 2 amide bonds. The third kappa shape index (κ3) is 5.10. The normalized spacial score (nSPS) is 25.2. The van der Waals surface area contributed by atoms with Crippen LogP contribution >= 0.6 is 0 Å². The highest BCUT2D eigenvalue weighted by atomic mass is 16.5. The second-order valence-corrected chi connectivity index (χ2v) is 8.46. The Hall–Kier alpha value is -1.96. The van der Waals surface area contributed by atoms with Gasteiger partial charge in [-0.2, -0.15) is 4.98 Å². The fourth-order valence-electron chi connectivity index (χ4n) is 4.53. The quantitative estimate of drug-likeness (QED) is 0.744. The van der Waals surface area contributed by atoms with E-state index in [1.165, 1.54) is 6.92 Å². The van der Waals surface area contributed by atoms with Gasteiger partial charge in [-0.25, -0.2) is 0 Å². The van der Waals surface area contributed by atoms with Crippen LogP contribution in [0.25, 0.3) is 0 Å². The van der Waals surface area contributed by atoms with Crippen LogP contribution in [0.3, 0.4) is 0 Å². The Kier molecular flexibility index (Phi) is 6.69. The highest BCUT2D eigenvalue weighted by Crippen LogP contribution is 2.34. The molecule has 28 heavy (non-hydrogen) atoms. The maximum atomic E-state index is 12.6. The molecular formula is C20H33N5O3. The minimum atomic E-state index is -0.544. The number of carbonyl (C=O) groups is 2. The van der Waals surface area contributed by atoms with E-state index >= 15 is 0 Å². The van der Waals surface area contributed by atoms with Crippen molar-refractivity contribution < 1.29 is 14.1 Å². The number of nitrogens with zero attached hydrogens (tertiary/aromatic N) is 3. The number of aromatic nitrogens is 2. The van der Waals surface area contributed by atoms with E-state index in [9.17, 15) is 9.59 Å². The molecule has 0 aromatic carbocycles. The summed E-state index contributed by atoms with van der Waals surface area (Å²) in [6, 6.07) is 0.603. The zero-order valence-electron chi connectivity index (χ0n) is 17.3. The second kappa shape index (κ2) is 9.03. The fourth-order valence-corrected chi connectivity index (χ4v) is 4.53. The standard InChI is InChI=1S/C20H33N5O3/c1-14-12-25(13-15(2)21-14)18(27)9-8-17-22-19(24-28-17)20(23-16(3)26)10-6-4-5-7-11-20/h14-15,21H,4-13H2,1-3H3,(H,23,26)/t14-,15-/m1/s1. The summed E-state index contributed by atoms with van der Waals surface area (Å²) in [6.07, 6.45) is 6.79. The van der Waals surface area contributed by atoms with Crippen molar-refractivity contribution in [2.24, 2.45) is 0 Å². The van der Waals surface area contributed by atoms with Gasteiger partial charge in [0.05, 0.1) is 0 Å². The molecule has 1 aromatic rings. The molecule has 0 spiro atoms. The van der Waals surface area contributed by atoms with Crippen LogP contribution in [0, 0.1) is 0 Å². The van der Waals surface area contributed by atoms with Crippen molar-refractivity contribution in [2.75, 3.05) is 13.1 Å². The maximum Gasteiger partial charge on any atom is 0.227 e. The molecule has 2 fully saturated rings. The van der Waals surface area contributed by atoms with Gasteiger partial charge in [0.25, 0.3) is 0 Å². The monoisotopic (exact) mass is 391 g/mol. The second-order valence-electron chi connectivity index (χ2n) is 8.46. The number of hydrogen-bond acceptors (Lipinski definition) is 6. The largest absolute Gasteiger partial charge is 0.343 e. The lowest BCUT2D eigenvalue weighted by Crippen LogP contribution is -2.55. The number of piperazine rings is 1. The zero-order valence-corrected chi connectivity index (χ0v) is 17.3. The third-order valence-corrected chi connectivity index (χ3v) is 5.73. The predicted molar refractivity (Wildman–Crippen MR) is 104 cm³/mol. The minimum absolute atomic E-state index is 0.0784. The first-order valence-electron chi connectivity index (χ1n) is 10.5. The summed E-state index contributed by atoms with van der Waals surface area (Å²) in [5, 5.41) is 10.7. The van der Waals surface area contributed by atoms with Gasteiger partial charge in [-0.15, -0.1) is 0 Å². The third-order valence-electron chi connectivity index (χ3n) is 5.73. The van der Waals surface area contributed by atoms with E-state index in [0.29, 0.717) is 36.6 Å². The summed E-state index contributed by atoms with van der Waals surface area (Å²) in [7, 11) is 0. The number of amides is 2. The zero-order chi connectivity index (χ0) is 20.1. The van der Waals surface area contributed by atoms with Gasteiger partial charge < -0.3 is 20.1 Å². The Morgan fingerprint density at radius 1 is 1.18 bits per heavy atom. The Balaban J connectivity index is 1.63. The van der Waals surface area contributed by atoms with E-state index in [2.05, 4.69) is 34.6 Å². The molecular weight excluding hydrogens is 358 g/mol. The summed E-state index contributed by atoms with van der Waals surface area (Å²) >= 11 is 0. The molecule has 2 aliphatic rings. The first-order valence-corrected chi connectivity index (χ1v) is 10.5. The lowest BCUT2D eigenvalue weighted by atomic mass is 9.89. The van der Waals surface area contributed by atoms with E-state index in [1.54, 1.807) is 0 Å². The van der Waals surface area contributed by atoms with Gasteiger partial charge in [0.15, 0.2) is 5.82 Å². The van der Waals surface area contributed by atoms with E-state index in [0.717, 1.165) is 51.6 Å². The van der Waals surface area contributed by atoms with Gasteiger partial charge in [-0.1, -0.05) is 30.8 Å². The van der Waals surface area contributed by atoms with Crippen LogP contribution < -0.4 is 10.6 Å². The molecule has 1 aliphatic carbocycles. The van der Waals surface area contributed by atoms with Crippen LogP contribution in [0.2, 0.25) is 0 Å². The molecule has 8 heteroatoms. The topological polar surface area (TPSA) is 100 Å². The maximum absolute atomic E-state index is 12.6. The van der Waals surface area contributed by atoms with Crippen molar-refractivity contribution in [3.63, 3.8) is 0 Å². The summed E-state index contributed by atoms with van der Waals surface area (Å²) in [4.78, 5) is 30.9. The first-order chi connectivity index (χ1) is 13.4. The van der Waals surface area contributed by atoms with Crippen LogP contribution in [0.1, 0.15) is 77.4 Å². The molecule has 0 unspecified atom stereocenters. The number of carbonyl (C=O) groups excluding carboxylic acids is 2. The van der Waals surface area contributed by atoms with E-state index < -0.39 is 5.54 Å². The minimum Gasteiger partial charge on any atom is -0.343 e. The number of aryl methyl sites for hydroxylation is 1. The molecule has 1 aromatic heterocycles. The summed E-state index contributed by atoms with van der Waals surface area (Å²) < 4.78 is 5.45. The number of hydrogen-bond donors (Lipinski definition) is 2. The van der Waals surface area contributed by atoms with Gasteiger partial charge in [-0.3, -0.25) is 9.59 Å². The van der Waals surface area contributed by atoms with Gasteiger partial charge in [0.2, 0.25) is 17.7 Å². The van der Waals surface area contributed by atoms with E-state index in [1.807, 2.05) is 4.90 Å². The van der Waals surface area contributed by atoms with Gasteiger partial charge in [-0.05, 0) is 26.7 Å². The lowest BCUT2D eigenvalue weighted by molar-refractivity contribution is -0.133. The summed E-state index contributed by atoms with van der Waals surface area (Å²) in [6.45, 7) is 7.17. The van der Waals surface area contributed by atoms with Crippen molar-refractivity contribution in [1.29, 1.82) is 0 Å². The highest BCUT2D eigenvalue weighted by molar-refractivity contribution is 5.76. The van der Waals surface area contributed by atoms with Crippen LogP contribution in [0.5, 0.6) is 0 Å². The van der Waals surface area contributed by atoms with Gasteiger partial charge in [0.1, 0.15) is 5.54 Å². The Morgan fingerprint density at radius 3 is 2.43 bits per heavy atom. The number of nitrogens with one attached hydrogen (secondary N) is 2. The molecule has 1 saturated carbocycles. The van der Waals surface area contributed by atoms with Crippen molar-refractivity contribution in [1.82, 2.24) is 25.7 Å². The van der Waals surface area contributed by atoms with Gasteiger partial charge >= 0.3 is 0 Å². The first kappa shape index (κ1) is 20.8. The Labute approximate surface area is 166 Å². The number of rotatable bonds is 5. The molecule has 1 aliphatic heterocycles. The van der Waals surface area contributed by atoms with Crippen molar-refractivity contribution in [3.8, 4) is 0 Å². The molecule has 1 saturated heterocycles. The molecule has 0 radical (unpaired) electrons. The average Bonchev–Trinajstić information content (AvgIpc) is 2.99. The van der Waals surface area contributed by atoms with Crippen LogP contribution in [0.15, 0.2) is 4.52 Å². The predicted octanol–water partition coefficient (Wildman–Crippen LogP) is 1.90. The average molecular weight is 392 g/mol. The molecule has 2 N–H and O–H groups in total. The molecule has 2 atom stereocenters. The molecule has 156 valence electrons. The lowest BCUT2D eigenvalue weighted by Gasteiger charge is -2.36. The van der Waals surface area contributed by atoms with Crippen molar-refractivity contribution in [3.05, 3.63) is 11.7 Å². The summed E-state index contributed by atoms with van der Waals surface area (Å²) in [5.74, 6) is 1.06. The smallest absolute Gasteiger partial charge is 0.227 e. The SMILES string of the molecule is CC(=O)NC1(c2noc(CCC(=O)N3C[C@@H](C)N[C@H](C)C3)n2)CCCCCC1. The van der Waals surface area contributed by atoms with Crippen molar-refractivity contribution in [2.45, 2.75) is 89.8 Å². The van der Waals surface area contributed by atoms with Crippen LogP contribution in [0.4, 0.5) is 0 Å². The molecule has 2 heterocycles. The van der Waals surface area contributed by atoms with Gasteiger partial charge in [0, 0.05) is 44.9 Å². The Bertz CT molecular complexity index is 671. The van der Waals surface area contributed by atoms with Crippen molar-refractivity contribution >= 4 is 11.8 Å². The van der Waals surface area contributed by atoms with Crippen LogP contribution in [-0.4, -0.2) is 52.0 Å². The van der Waals surface area contributed by atoms with E-state index in [-0.39, 0.29) is 11.8 Å². The summed E-state index contributed by atoms with van der Waals surface area (Å²) in [5.41, 5.74) is -0.544. The van der Waals surface area contributed by atoms with E-state index in [4.69, 9.17) is 4.52 Å².